The first-order valence-electron chi connectivity index (χ1n) is 6.78. The highest BCUT2D eigenvalue weighted by atomic mass is 35.5. The van der Waals surface area contributed by atoms with Gasteiger partial charge in [0.1, 0.15) is 0 Å². The van der Waals surface area contributed by atoms with Crippen LogP contribution in [0.25, 0.3) is 0 Å². The van der Waals surface area contributed by atoms with Gasteiger partial charge in [-0.3, -0.25) is 9.48 Å². The van der Waals surface area contributed by atoms with Gasteiger partial charge in [0.05, 0.1) is 24.5 Å². The van der Waals surface area contributed by atoms with Gasteiger partial charge in [0.15, 0.2) is 0 Å². The average molecular weight is 286 g/mol. The lowest BCUT2D eigenvalue weighted by Crippen LogP contribution is -2.15. The van der Waals surface area contributed by atoms with Gasteiger partial charge in [-0.25, -0.2) is 0 Å². The lowest BCUT2D eigenvalue weighted by molar-refractivity contribution is -0.116. The first-order chi connectivity index (χ1) is 9.28. The van der Waals surface area contributed by atoms with Gasteiger partial charge in [-0.2, -0.15) is 5.10 Å². The van der Waals surface area contributed by atoms with E-state index in [1.165, 1.54) is 0 Å². The molecule has 5 nitrogen and oxygen atoms in total. The molecule has 1 atom stereocenters. The third kappa shape index (κ3) is 4.84. The number of carbonyl (C=O) groups is 1. The second-order valence-corrected chi connectivity index (χ2v) is 5.16. The number of anilines is 1. The molecular weight excluding hydrogens is 266 g/mol. The van der Waals surface area contributed by atoms with Crippen LogP contribution in [-0.4, -0.2) is 34.3 Å². The van der Waals surface area contributed by atoms with Crippen LogP contribution < -0.4 is 5.32 Å². The second kappa shape index (κ2) is 7.50. The van der Waals surface area contributed by atoms with Crippen LogP contribution in [-0.2, 0) is 16.1 Å². The molecule has 0 saturated carbocycles. The highest BCUT2D eigenvalue weighted by Crippen LogP contribution is 2.15. The number of hydrogen-bond donors (Lipinski definition) is 1. The third-order valence-electron chi connectivity index (χ3n) is 3.12. The van der Waals surface area contributed by atoms with Crippen LogP contribution in [0.15, 0.2) is 12.4 Å². The van der Waals surface area contributed by atoms with E-state index in [4.69, 9.17) is 16.3 Å². The standard InChI is InChI=1S/C13H20ClN3O2/c14-6-2-1-5-13(18)16-11-8-15-17(9-11)10-12-4-3-7-19-12/h8-9,12H,1-7,10H2,(H,16,18). The van der Waals surface area contributed by atoms with Gasteiger partial charge in [0, 0.05) is 25.1 Å². The Morgan fingerprint density at radius 3 is 3.21 bits per heavy atom. The number of unbranched alkanes of at least 4 members (excludes halogenated alkanes) is 1. The van der Waals surface area contributed by atoms with Crippen LogP contribution in [0.3, 0.4) is 0 Å². The molecule has 1 aromatic rings. The fraction of sp³-hybridized carbons (Fsp3) is 0.692. The van der Waals surface area contributed by atoms with Crippen LogP contribution in [0.2, 0.25) is 0 Å². The quantitative estimate of drug-likeness (QED) is 0.618. The molecule has 1 unspecified atom stereocenters. The Morgan fingerprint density at radius 2 is 2.47 bits per heavy atom. The van der Waals surface area contributed by atoms with Crippen LogP contribution in [0, 0.1) is 0 Å². The molecule has 2 heterocycles. The molecule has 106 valence electrons. The van der Waals surface area contributed by atoms with Crippen molar-refractivity contribution >= 4 is 23.2 Å². The number of carbonyl (C=O) groups excluding carboxylic acids is 1. The molecule has 0 aromatic carbocycles. The number of amides is 1. The summed E-state index contributed by atoms with van der Waals surface area (Å²) in [5.41, 5.74) is 0.744. The van der Waals surface area contributed by atoms with Crippen molar-refractivity contribution in [2.75, 3.05) is 17.8 Å². The van der Waals surface area contributed by atoms with Crippen LogP contribution in [0.4, 0.5) is 5.69 Å². The zero-order chi connectivity index (χ0) is 13.5. The van der Waals surface area contributed by atoms with E-state index in [1.807, 2.05) is 10.9 Å². The lowest BCUT2D eigenvalue weighted by Gasteiger charge is -2.08. The van der Waals surface area contributed by atoms with E-state index < -0.39 is 0 Å². The number of halogens is 1. The Kier molecular flexibility index (Phi) is 5.66. The number of nitrogens with zero attached hydrogens (tertiary/aromatic N) is 2. The summed E-state index contributed by atoms with van der Waals surface area (Å²) in [4.78, 5) is 11.6. The summed E-state index contributed by atoms with van der Waals surface area (Å²) in [6.07, 6.45) is 8.18. The van der Waals surface area contributed by atoms with E-state index in [0.29, 0.717) is 12.3 Å². The molecule has 19 heavy (non-hydrogen) atoms. The van der Waals surface area contributed by atoms with Gasteiger partial charge >= 0.3 is 0 Å². The molecule has 0 spiro atoms. The molecule has 6 heteroatoms. The Balaban J connectivity index is 1.75. The lowest BCUT2D eigenvalue weighted by atomic mass is 10.2. The maximum absolute atomic E-state index is 11.6. The van der Waals surface area contributed by atoms with Crippen molar-refractivity contribution in [2.45, 2.75) is 44.8 Å². The topological polar surface area (TPSA) is 56.2 Å². The van der Waals surface area contributed by atoms with Gasteiger partial charge in [-0.1, -0.05) is 0 Å². The maximum Gasteiger partial charge on any atom is 0.224 e. The van der Waals surface area contributed by atoms with Crippen LogP contribution in [0.1, 0.15) is 32.1 Å². The zero-order valence-corrected chi connectivity index (χ0v) is 11.7. The van der Waals surface area contributed by atoms with Crippen molar-refractivity contribution in [3.05, 3.63) is 12.4 Å². The molecule has 2 rings (SSSR count). The molecule has 0 bridgehead atoms. The van der Waals surface area contributed by atoms with E-state index in [-0.39, 0.29) is 12.0 Å². The Labute approximate surface area is 118 Å². The normalized spacial score (nSPS) is 18.7. The number of rotatable bonds is 7. The smallest absolute Gasteiger partial charge is 0.224 e. The minimum Gasteiger partial charge on any atom is -0.376 e. The van der Waals surface area contributed by atoms with Crippen molar-refractivity contribution in [1.82, 2.24) is 9.78 Å². The van der Waals surface area contributed by atoms with Gasteiger partial charge in [0.25, 0.3) is 0 Å². The van der Waals surface area contributed by atoms with E-state index >= 15 is 0 Å². The Morgan fingerprint density at radius 1 is 1.58 bits per heavy atom. The monoisotopic (exact) mass is 285 g/mol. The first-order valence-corrected chi connectivity index (χ1v) is 7.31. The second-order valence-electron chi connectivity index (χ2n) is 4.78. The summed E-state index contributed by atoms with van der Waals surface area (Å²) in [5, 5.41) is 7.07. The molecule has 0 radical (unpaired) electrons. The minimum absolute atomic E-state index is 0.0155. The molecule has 0 aliphatic carbocycles. The number of aromatic nitrogens is 2. The Hall–Kier alpha value is -1.07. The third-order valence-corrected chi connectivity index (χ3v) is 3.39. The molecule has 1 amide bonds. The van der Waals surface area contributed by atoms with Gasteiger partial charge in [-0.15, -0.1) is 11.6 Å². The fourth-order valence-electron chi connectivity index (χ4n) is 2.13. The first kappa shape index (κ1) is 14.3. The largest absolute Gasteiger partial charge is 0.376 e. The summed E-state index contributed by atoms with van der Waals surface area (Å²) in [7, 11) is 0. The predicted octanol–water partition coefficient (Wildman–Crippen LogP) is 2.41. The summed E-state index contributed by atoms with van der Waals surface area (Å²) in [6, 6.07) is 0. The molecule has 1 saturated heterocycles. The molecule has 1 aliphatic heterocycles. The SMILES string of the molecule is O=C(CCCCCl)Nc1cnn(CC2CCCO2)c1. The molecular formula is C13H20ClN3O2. The van der Waals surface area contributed by atoms with E-state index in [2.05, 4.69) is 10.4 Å². The maximum atomic E-state index is 11.6. The molecule has 1 aliphatic rings. The average Bonchev–Trinajstić information content (AvgIpc) is 3.02. The summed E-state index contributed by atoms with van der Waals surface area (Å²) >= 11 is 5.57. The highest BCUT2D eigenvalue weighted by Gasteiger charge is 2.16. The number of nitrogens with one attached hydrogen (secondary N) is 1. The van der Waals surface area contributed by atoms with Crippen molar-refractivity contribution in [3.8, 4) is 0 Å². The van der Waals surface area contributed by atoms with E-state index in [1.54, 1.807) is 6.20 Å². The van der Waals surface area contributed by atoms with E-state index in [0.717, 1.165) is 44.5 Å². The molecule has 1 N–H and O–H groups in total. The zero-order valence-electron chi connectivity index (χ0n) is 11.0. The fourth-order valence-corrected chi connectivity index (χ4v) is 2.32. The van der Waals surface area contributed by atoms with Crippen LogP contribution in [0.5, 0.6) is 0 Å². The molecule has 1 aromatic heterocycles. The van der Waals surface area contributed by atoms with Gasteiger partial charge in [0.2, 0.25) is 5.91 Å². The van der Waals surface area contributed by atoms with Crippen LogP contribution >= 0.6 is 11.6 Å². The minimum atomic E-state index is 0.0155. The van der Waals surface area contributed by atoms with Crippen molar-refractivity contribution < 1.29 is 9.53 Å². The van der Waals surface area contributed by atoms with Crippen molar-refractivity contribution in [3.63, 3.8) is 0 Å². The van der Waals surface area contributed by atoms with Crippen molar-refractivity contribution in [1.29, 1.82) is 0 Å². The van der Waals surface area contributed by atoms with Gasteiger partial charge < -0.3 is 10.1 Å². The highest BCUT2D eigenvalue weighted by molar-refractivity contribution is 6.17. The van der Waals surface area contributed by atoms with Gasteiger partial charge in [-0.05, 0) is 25.7 Å². The summed E-state index contributed by atoms with van der Waals surface area (Å²) < 4.78 is 7.38. The summed E-state index contributed by atoms with van der Waals surface area (Å²) in [5.74, 6) is 0.619. The van der Waals surface area contributed by atoms with Crippen molar-refractivity contribution in [2.24, 2.45) is 0 Å². The number of alkyl halides is 1. The number of hydrogen-bond acceptors (Lipinski definition) is 3. The number of ether oxygens (including phenoxy) is 1. The van der Waals surface area contributed by atoms with E-state index in [9.17, 15) is 4.79 Å². The molecule has 1 fully saturated rings. The predicted molar refractivity (Wildman–Crippen MR) is 74.4 cm³/mol. The summed E-state index contributed by atoms with van der Waals surface area (Å²) in [6.45, 7) is 1.60. The Bertz CT molecular complexity index is 402.